The molecular formula is C19H26N2O2. The Morgan fingerprint density at radius 3 is 2.74 bits per heavy atom. The largest absolute Gasteiger partial charge is 0.462 e. The van der Waals surface area contributed by atoms with Gasteiger partial charge < -0.3 is 14.6 Å². The van der Waals surface area contributed by atoms with Gasteiger partial charge in [0.1, 0.15) is 0 Å². The minimum Gasteiger partial charge on any atom is -0.462 e. The Morgan fingerprint density at radius 2 is 2.09 bits per heavy atom. The average molecular weight is 314 g/mol. The van der Waals surface area contributed by atoms with E-state index in [4.69, 9.17) is 4.74 Å². The van der Waals surface area contributed by atoms with Crippen molar-refractivity contribution in [3.8, 4) is 0 Å². The number of carbonyl (C=O) groups is 1. The van der Waals surface area contributed by atoms with Gasteiger partial charge in [-0.15, -0.1) is 0 Å². The number of benzene rings is 1. The van der Waals surface area contributed by atoms with E-state index in [1.807, 2.05) is 21.0 Å². The van der Waals surface area contributed by atoms with Gasteiger partial charge in [-0.05, 0) is 44.4 Å². The highest BCUT2D eigenvalue weighted by atomic mass is 16.5. The molecule has 2 aromatic rings. The molecule has 1 fully saturated rings. The Bertz CT molecular complexity index is 712. The van der Waals surface area contributed by atoms with Gasteiger partial charge in [-0.25, -0.2) is 4.79 Å². The van der Waals surface area contributed by atoms with Crippen LogP contribution >= 0.6 is 0 Å². The first-order chi connectivity index (χ1) is 11.2. The van der Waals surface area contributed by atoms with Crippen LogP contribution in [0, 0.1) is 0 Å². The summed E-state index contributed by atoms with van der Waals surface area (Å²) in [5, 5.41) is 4.16. The van der Waals surface area contributed by atoms with Crippen LogP contribution in [0.25, 0.3) is 10.9 Å². The fourth-order valence-electron chi connectivity index (χ4n) is 3.82. The Morgan fingerprint density at radius 1 is 1.35 bits per heavy atom. The zero-order chi connectivity index (χ0) is 16.4. The molecule has 23 heavy (non-hydrogen) atoms. The molecule has 1 aliphatic rings. The van der Waals surface area contributed by atoms with Crippen molar-refractivity contribution >= 4 is 16.9 Å². The standard InChI is InChI=1S/C19H26N2O2/c1-4-23-19(22)18-15-10-9-14(13-7-5-6-8-13)11-16(15)21(3)17(18)12-20-2/h9-11,13,20H,4-8,12H2,1-3H3. The van der Waals surface area contributed by atoms with E-state index in [-0.39, 0.29) is 5.97 Å². The molecule has 0 spiro atoms. The molecule has 124 valence electrons. The number of nitrogens with one attached hydrogen (secondary N) is 1. The molecular weight excluding hydrogens is 288 g/mol. The van der Waals surface area contributed by atoms with Gasteiger partial charge in [0.15, 0.2) is 0 Å². The normalized spacial score (nSPS) is 15.4. The van der Waals surface area contributed by atoms with E-state index in [0.717, 1.165) is 16.6 Å². The van der Waals surface area contributed by atoms with Crippen molar-refractivity contribution in [2.24, 2.45) is 7.05 Å². The summed E-state index contributed by atoms with van der Waals surface area (Å²) >= 11 is 0. The van der Waals surface area contributed by atoms with E-state index < -0.39 is 0 Å². The van der Waals surface area contributed by atoms with E-state index in [1.54, 1.807) is 0 Å². The molecule has 0 unspecified atom stereocenters. The highest BCUT2D eigenvalue weighted by molar-refractivity contribution is 6.06. The van der Waals surface area contributed by atoms with Crippen molar-refractivity contribution in [1.29, 1.82) is 0 Å². The van der Waals surface area contributed by atoms with Crippen molar-refractivity contribution in [3.63, 3.8) is 0 Å². The third kappa shape index (κ3) is 2.88. The third-order valence-electron chi connectivity index (χ3n) is 5.00. The highest BCUT2D eigenvalue weighted by Crippen LogP contribution is 2.36. The van der Waals surface area contributed by atoms with Crippen LogP contribution in [0.1, 0.15) is 60.1 Å². The average Bonchev–Trinajstić information content (AvgIpc) is 3.16. The topological polar surface area (TPSA) is 43.3 Å². The highest BCUT2D eigenvalue weighted by Gasteiger charge is 2.23. The van der Waals surface area contributed by atoms with E-state index in [1.165, 1.54) is 31.2 Å². The zero-order valence-corrected chi connectivity index (χ0v) is 14.3. The molecule has 1 aromatic heterocycles. The van der Waals surface area contributed by atoms with Crippen LogP contribution in [0.15, 0.2) is 18.2 Å². The van der Waals surface area contributed by atoms with E-state index in [0.29, 0.717) is 24.6 Å². The molecule has 1 aromatic carbocycles. The second kappa shape index (κ2) is 6.75. The number of carbonyl (C=O) groups excluding carboxylic acids is 1. The maximum absolute atomic E-state index is 12.4. The molecule has 0 saturated heterocycles. The molecule has 4 heteroatoms. The lowest BCUT2D eigenvalue weighted by atomic mass is 9.96. The summed E-state index contributed by atoms with van der Waals surface area (Å²) in [4.78, 5) is 12.4. The summed E-state index contributed by atoms with van der Waals surface area (Å²) in [7, 11) is 3.94. The van der Waals surface area contributed by atoms with Gasteiger partial charge in [-0.2, -0.15) is 0 Å². The fourth-order valence-corrected chi connectivity index (χ4v) is 3.82. The van der Waals surface area contributed by atoms with Crippen LogP contribution in [0.2, 0.25) is 0 Å². The maximum Gasteiger partial charge on any atom is 0.340 e. The molecule has 3 rings (SSSR count). The molecule has 0 radical (unpaired) electrons. The van der Waals surface area contributed by atoms with Gasteiger partial charge in [0.25, 0.3) is 0 Å². The number of aryl methyl sites for hydroxylation is 1. The van der Waals surface area contributed by atoms with E-state index in [9.17, 15) is 4.79 Å². The van der Waals surface area contributed by atoms with Crippen molar-refractivity contribution in [3.05, 3.63) is 35.0 Å². The minimum absolute atomic E-state index is 0.225. The molecule has 0 amide bonds. The van der Waals surface area contributed by atoms with Gasteiger partial charge in [0.2, 0.25) is 0 Å². The molecule has 0 aliphatic heterocycles. The molecule has 1 saturated carbocycles. The summed E-state index contributed by atoms with van der Waals surface area (Å²) < 4.78 is 7.42. The van der Waals surface area contributed by atoms with Gasteiger partial charge in [-0.1, -0.05) is 25.0 Å². The number of ether oxygens (including phenoxy) is 1. The first-order valence-corrected chi connectivity index (χ1v) is 8.60. The Balaban J connectivity index is 2.12. The number of aromatic nitrogens is 1. The molecule has 0 bridgehead atoms. The number of rotatable bonds is 5. The van der Waals surface area contributed by atoms with Crippen molar-refractivity contribution < 1.29 is 9.53 Å². The van der Waals surface area contributed by atoms with Gasteiger partial charge in [-0.3, -0.25) is 0 Å². The quantitative estimate of drug-likeness (QED) is 0.855. The van der Waals surface area contributed by atoms with Gasteiger partial charge >= 0.3 is 5.97 Å². The summed E-state index contributed by atoms with van der Waals surface area (Å²) in [6, 6.07) is 6.58. The number of nitrogens with zero attached hydrogens (tertiary/aromatic N) is 1. The van der Waals surface area contributed by atoms with Crippen LogP contribution in [0.3, 0.4) is 0 Å². The molecule has 1 heterocycles. The van der Waals surface area contributed by atoms with E-state index in [2.05, 4.69) is 28.1 Å². The molecule has 1 N–H and O–H groups in total. The van der Waals surface area contributed by atoms with Crippen LogP contribution in [0.5, 0.6) is 0 Å². The van der Waals surface area contributed by atoms with Gasteiger partial charge in [0.05, 0.1) is 12.2 Å². The Labute approximate surface area is 137 Å². The van der Waals surface area contributed by atoms with Crippen LogP contribution in [-0.4, -0.2) is 24.2 Å². The second-order valence-corrected chi connectivity index (χ2v) is 6.39. The van der Waals surface area contributed by atoms with Crippen LogP contribution in [-0.2, 0) is 18.3 Å². The van der Waals surface area contributed by atoms with Crippen molar-refractivity contribution in [2.75, 3.05) is 13.7 Å². The predicted molar refractivity (Wildman–Crippen MR) is 92.8 cm³/mol. The zero-order valence-electron chi connectivity index (χ0n) is 14.3. The summed E-state index contributed by atoms with van der Waals surface area (Å²) in [5.41, 5.74) is 4.23. The molecule has 4 nitrogen and oxygen atoms in total. The Kier molecular flexibility index (Phi) is 4.71. The summed E-state index contributed by atoms with van der Waals surface area (Å²) in [6.45, 7) is 2.89. The number of hydrogen-bond donors (Lipinski definition) is 1. The second-order valence-electron chi connectivity index (χ2n) is 6.39. The maximum atomic E-state index is 12.4. The fraction of sp³-hybridized carbons (Fsp3) is 0.526. The predicted octanol–water partition coefficient (Wildman–Crippen LogP) is 3.73. The number of fused-ring (bicyclic) bond motifs is 1. The SMILES string of the molecule is CCOC(=O)c1c(CNC)n(C)c2cc(C3CCCC3)ccc12. The van der Waals surface area contributed by atoms with Crippen molar-refractivity contribution in [2.45, 2.75) is 45.1 Å². The van der Waals surface area contributed by atoms with E-state index >= 15 is 0 Å². The number of esters is 1. The lowest BCUT2D eigenvalue weighted by Crippen LogP contribution is -2.14. The first kappa shape index (κ1) is 16.1. The molecule has 0 atom stereocenters. The Hall–Kier alpha value is -1.81. The summed E-state index contributed by atoms with van der Waals surface area (Å²) in [6.07, 6.45) is 5.22. The number of hydrogen-bond acceptors (Lipinski definition) is 3. The monoisotopic (exact) mass is 314 g/mol. The lowest BCUT2D eigenvalue weighted by molar-refractivity contribution is 0.0527. The van der Waals surface area contributed by atoms with Crippen molar-refractivity contribution in [1.82, 2.24) is 9.88 Å². The smallest absolute Gasteiger partial charge is 0.340 e. The van der Waals surface area contributed by atoms with Gasteiger partial charge in [0, 0.05) is 30.2 Å². The van der Waals surface area contributed by atoms with Crippen LogP contribution < -0.4 is 5.32 Å². The summed E-state index contributed by atoms with van der Waals surface area (Å²) in [5.74, 6) is 0.449. The first-order valence-electron chi connectivity index (χ1n) is 8.60. The van der Waals surface area contributed by atoms with Crippen LogP contribution in [0.4, 0.5) is 0 Å². The lowest BCUT2D eigenvalue weighted by Gasteiger charge is -2.10. The molecule has 1 aliphatic carbocycles. The minimum atomic E-state index is -0.225. The third-order valence-corrected chi connectivity index (χ3v) is 5.00.